The normalized spacial score (nSPS) is 54.7. The molecule has 1 heterocycles. The number of hydrogen-bond donors (Lipinski definition) is 1. The lowest BCUT2D eigenvalue weighted by Gasteiger charge is -2.63. The highest BCUT2D eigenvalue weighted by Gasteiger charge is 2.66. The van der Waals surface area contributed by atoms with Crippen molar-refractivity contribution in [3.63, 3.8) is 0 Å². The zero-order chi connectivity index (χ0) is 18.3. The minimum Gasteiger partial charge on any atom is -0.459 e. The van der Waals surface area contributed by atoms with Crippen molar-refractivity contribution in [3.05, 3.63) is 0 Å². The van der Waals surface area contributed by atoms with Gasteiger partial charge in [-0.2, -0.15) is 0 Å². The van der Waals surface area contributed by atoms with Crippen LogP contribution in [0.5, 0.6) is 0 Å². The molecule has 1 saturated heterocycles. The van der Waals surface area contributed by atoms with Gasteiger partial charge in [-0.3, -0.25) is 4.79 Å². The zero-order valence-corrected chi connectivity index (χ0v) is 16.7. The molecular formula is C22H36O3. The Bertz CT molecular complexity index is 584. The van der Waals surface area contributed by atoms with Crippen molar-refractivity contribution in [2.75, 3.05) is 0 Å². The van der Waals surface area contributed by atoms with Gasteiger partial charge in [0.1, 0.15) is 5.60 Å². The van der Waals surface area contributed by atoms with Gasteiger partial charge in [0.2, 0.25) is 0 Å². The van der Waals surface area contributed by atoms with Gasteiger partial charge >= 0.3 is 5.97 Å². The molecule has 0 aromatic rings. The molecule has 3 aliphatic carbocycles. The molecule has 3 nitrogen and oxygen atoms in total. The molecule has 142 valence electrons. The number of aliphatic hydroxyl groups excluding tert-OH is 1. The fourth-order valence-electron chi connectivity index (χ4n) is 8.28. The number of ether oxygens (including phenoxy) is 1. The van der Waals surface area contributed by atoms with Crippen LogP contribution in [0, 0.1) is 34.0 Å². The van der Waals surface area contributed by atoms with Crippen LogP contribution in [0.25, 0.3) is 0 Å². The fourth-order valence-corrected chi connectivity index (χ4v) is 8.28. The second-order valence-electron chi connectivity index (χ2n) is 10.9. The van der Waals surface area contributed by atoms with Crippen molar-refractivity contribution >= 4 is 5.97 Å². The first kappa shape index (κ1) is 17.8. The van der Waals surface area contributed by atoms with Crippen molar-refractivity contribution in [2.45, 2.75) is 97.7 Å². The summed E-state index contributed by atoms with van der Waals surface area (Å²) in [6.07, 6.45) is 8.26. The molecule has 7 atom stereocenters. The summed E-state index contributed by atoms with van der Waals surface area (Å²) in [6.45, 7) is 11.8. The summed E-state index contributed by atoms with van der Waals surface area (Å²) in [4.78, 5) is 11.8. The second kappa shape index (κ2) is 5.24. The van der Waals surface area contributed by atoms with Crippen LogP contribution < -0.4 is 0 Å². The maximum Gasteiger partial charge on any atom is 0.306 e. The zero-order valence-electron chi connectivity index (χ0n) is 16.7. The van der Waals surface area contributed by atoms with Crippen molar-refractivity contribution in [1.82, 2.24) is 0 Å². The first-order chi connectivity index (χ1) is 11.5. The summed E-state index contributed by atoms with van der Waals surface area (Å²) >= 11 is 0. The SMILES string of the molecule is CC1(C)C(O)CC[C@]2(C)C3CC[C@H]([C@]4(C)CCC(=O)O4)[C@]3(C)CC[C@@H]12. The third kappa shape index (κ3) is 2.23. The molecule has 4 rings (SSSR count). The summed E-state index contributed by atoms with van der Waals surface area (Å²) in [5.74, 6) is 1.77. The van der Waals surface area contributed by atoms with Crippen LogP contribution in [0.1, 0.15) is 86.0 Å². The van der Waals surface area contributed by atoms with Gasteiger partial charge in [-0.25, -0.2) is 0 Å². The van der Waals surface area contributed by atoms with Crippen LogP contribution in [0.15, 0.2) is 0 Å². The van der Waals surface area contributed by atoms with Crippen LogP contribution in [-0.2, 0) is 9.53 Å². The van der Waals surface area contributed by atoms with Gasteiger partial charge in [0.15, 0.2) is 0 Å². The molecule has 0 radical (unpaired) electrons. The maximum atomic E-state index is 11.8. The van der Waals surface area contributed by atoms with Crippen LogP contribution in [0.2, 0.25) is 0 Å². The molecule has 2 unspecified atom stereocenters. The molecule has 0 bridgehead atoms. The Labute approximate surface area is 152 Å². The molecule has 25 heavy (non-hydrogen) atoms. The highest BCUT2D eigenvalue weighted by atomic mass is 16.6. The van der Waals surface area contributed by atoms with Gasteiger partial charge in [0.25, 0.3) is 0 Å². The minimum absolute atomic E-state index is 0.00336. The van der Waals surface area contributed by atoms with E-state index in [1.165, 1.54) is 25.7 Å². The van der Waals surface area contributed by atoms with Gasteiger partial charge in [-0.15, -0.1) is 0 Å². The third-order valence-corrected chi connectivity index (χ3v) is 9.52. The van der Waals surface area contributed by atoms with E-state index in [-0.39, 0.29) is 28.5 Å². The van der Waals surface area contributed by atoms with E-state index >= 15 is 0 Å². The lowest BCUT2D eigenvalue weighted by Crippen LogP contribution is -2.59. The Kier molecular flexibility index (Phi) is 3.74. The Hall–Kier alpha value is -0.570. The Balaban J connectivity index is 1.68. The monoisotopic (exact) mass is 348 g/mol. The Morgan fingerprint density at radius 1 is 0.840 bits per heavy atom. The number of fused-ring (bicyclic) bond motifs is 3. The number of rotatable bonds is 1. The largest absolute Gasteiger partial charge is 0.459 e. The predicted octanol–water partition coefficient (Wildman–Crippen LogP) is 4.71. The molecule has 0 amide bonds. The quantitative estimate of drug-likeness (QED) is 0.698. The molecule has 0 spiro atoms. The van der Waals surface area contributed by atoms with Crippen molar-refractivity contribution in [2.24, 2.45) is 34.0 Å². The molecule has 1 N–H and O–H groups in total. The smallest absolute Gasteiger partial charge is 0.306 e. The summed E-state index contributed by atoms with van der Waals surface area (Å²) < 4.78 is 5.89. The molecule has 0 aromatic carbocycles. The highest BCUT2D eigenvalue weighted by molar-refractivity contribution is 5.72. The number of esters is 1. The number of carbonyl (C=O) groups is 1. The van der Waals surface area contributed by atoms with E-state index in [9.17, 15) is 9.90 Å². The average Bonchev–Trinajstić information content (AvgIpc) is 3.05. The number of hydrogen-bond acceptors (Lipinski definition) is 3. The van der Waals surface area contributed by atoms with Crippen LogP contribution in [0.3, 0.4) is 0 Å². The van der Waals surface area contributed by atoms with Crippen molar-refractivity contribution < 1.29 is 14.6 Å². The van der Waals surface area contributed by atoms with Crippen molar-refractivity contribution in [3.8, 4) is 0 Å². The Morgan fingerprint density at radius 2 is 1.44 bits per heavy atom. The maximum absolute atomic E-state index is 11.8. The first-order valence-corrected chi connectivity index (χ1v) is 10.4. The minimum atomic E-state index is -0.256. The van der Waals surface area contributed by atoms with Gasteiger partial charge in [-0.05, 0) is 80.0 Å². The van der Waals surface area contributed by atoms with Gasteiger partial charge < -0.3 is 9.84 Å². The number of aliphatic hydroxyl groups is 1. The summed E-state index contributed by atoms with van der Waals surface area (Å²) in [6, 6.07) is 0. The van der Waals surface area contributed by atoms with Gasteiger partial charge in [0.05, 0.1) is 6.10 Å². The summed E-state index contributed by atoms with van der Waals surface area (Å²) in [5.41, 5.74) is 0.329. The van der Waals surface area contributed by atoms with E-state index < -0.39 is 0 Å². The topological polar surface area (TPSA) is 46.5 Å². The van der Waals surface area contributed by atoms with Crippen molar-refractivity contribution in [1.29, 1.82) is 0 Å². The van der Waals surface area contributed by atoms with Gasteiger partial charge in [-0.1, -0.05) is 27.7 Å². The lowest BCUT2D eigenvalue weighted by atomic mass is 9.42. The number of cyclic esters (lactones) is 1. The van der Waals surface area contributed by atoms with Crippen LogP contribution >= 0.6 is 0 Å². The molecule has 0 aromatic heterocycles. The third-order valence-electron chi connectivity index (χ3n) is 9.52. The van der Waals surface area contributed by atoms with E-state index in [1.807, 2.05) is 0 Å². The summed E-state index contributed by atoms with van der Waals surface area (Å²) in [5, 5.41) is 10.6. The number of carbonyl (C=O) groups excluding carboxylic acids is 1. The van der Waals surface area contributed by atoms with Gasteiger partial charge in [0, 0.05) is 12.3 Å². The second-order valence-corrected chi connectivity index (χ2v) is 10.9. The van der Waals surface area contributed by atoms with E-state index in [2.05, 4.69) is 34.6 Å². The standard InChI is InChI=1S/C22H36O3/c1-19(2)14-8-11-21(4)15(20(14,3)12-9-17(19)23)6-7-16(21)22(5)13-10-18(24)25-22/h14-17,23H,6-13H2,1-5H3/t14-,15?,16-,17?,20-,21+,22-/m0/s1. The molecule has 3 heteroatoms. The molecule has 3 saturated carbocycles. The molecule has 4 aliphatic rings. The average molecular weight is 349 g/mol. The molecule has 1 aliphatic heterocycles. The Morgan fingerprint density at radius 3 is 2.08 bits per heavy atom. The predicted molar refractivity (Wildman–Crippen MR) is 97.9 cm³/mol. The van der Waals surface area contributed by atoms with E-state index in [4.69, 9.17) is 4.74 Å². The van der Waals surface area contributed by atoms with Crippen LogP contribution in [-0.4, -0.2) is 22.8 Å². The molecule has 4 fully saturated rings. The fraction of sp³-hybridized carbons (Fsp3) is 0.955. The first-order valence-electron chi connectivity index (χ1n) is 10.4. The lowest BCUT2D eigenvalue weighted by molar-refractivity contribution is -0.184. The van der Waals surface area contributed by atoms with E-state index in [1.54, 1.807) is 0 Å². The van der Waals surface area contributed by atoms with E-state index in [0.29, 0.717) is 29.6 Å². The van der Waals surface area contributed by atoms with E-state index in [0.717, 1.165) is 19.3 Å². The molecular weight excluding hydrogens is 312 g/mol. The van der Waals surface area contributed by atoms with Crippen LogP contribution in [0.4, 0.5) is 0 Å². The highest BCUT2D eigenvalue weighted by Crippen LogP contribution is 2.71. The summed E-state index contributed by atoms with van der Waals surface area (Å²) in [7, 11) is 0.